The number of imidazole rings is 1. The van der Waals surface area contributed by atoms with Crippen LogP contribution in [0.1, 0.15) is 25.4 Å². The minimum Gasteiger partial charge on any atom is -0.383 e. The third kappa shape index (κ3) is 3.59. The molecule has 1 aromatic rings. The van der Waals surface area contributed by atoms with Crippen LogP contribution in [0.15, 0.2) is 6.20 Å². The first-order valence-electron chi connectivity index (χ1n) is 5.39. The second-order valence-corrected chi connectivity index (χ2v) is 4.14. The Morgan fingerprint density at radius 1 is 1.44 bits per heavy atom. The van der Waals surface area contributed by atoms with Crippen molar-refractivity contribution >= 4 is 0 Å². The van der Waals surface area contributed by atoms with E-state index in [0.717, 1.165) is 24.6 Å². The van der Waals surface area contributed by atoms with Crippen molar-refractivity contribution in [3.63, 3.8) is 0 Å². The highest BCUT2D eigenvalue weighted by Gasteiger charge is 2.22. The topological polar surface area (TPSA) is 59.2 Å². The molecule has 0 saturated heterocycles. The van der Waals surface area contributed by atoms with Crippen LogP contribution >= 0.6 is 0 Å². The van der Waals surface area contributed by atoms with Gasteiger partial charge in [0.2, 0.25) is 0 Å². The van der Waals surface area contributed by atoms with Crippen molar-refractivity contribution < 1.29 is 9.47 Å². The first kappa shape index (κ1) is 13.2. The van der Waals surface area contributed by atoms with Gasteiger partial charge in [-0.3, -0.25) is 0 Å². The molecule has 92 valence electrons. The molecule has 0 aromatic carbocycles. The SMILES string of the molecule is COCCNCc1cnc(C(C)(C)OC)[nH]1. The van der Waals surface area contributed by atoms with Crippen molar-refractivity contribution in [3.8, 4) is 0 Å². The number of methoxy groups -OCH3 is 2. The molecule has 16 heavy (non-hydrogen) atoms. The van der Waals surface area contributed by atoms with Crippen LogP contribution < -0.4 is 5.32 Å². The molecule has 1 rings (SSSR count). The summed E-state index contributed by atoms with van der Waals surface area (Å²) in [6.07, 6.45) is 1.83. The number of rotatable bonds is 7. The zero-order valence-electron chi connectivity index (χ0n) is 10.5. The quantitative estimate of drug-likeness (QED) is 0.683. The molecular formula is C11H21N3O2. The van der Waals surface area contributed by atoms with Gasteiger partial charge in [-0.15, -0.1) is 0 Å². The summed E-state index contributed by atoms with van der Waals surface area (Å²) in [5.74, 6) is 0.846. The number of H-pyrrole nitrogens is 1. The van der Waals surface area contributed by atoms with Crippen molar-refractivity contribution in [1.82, 2.24) is 15.3 Å². The van der Waals surface area contributed by atoms with Crippen LogP contribution in [0.5, 0.6) is 0 Å². The summed E-state index contributed by atoms with van der Waals surface area (Å²) in [5.41, 5.74) is 0.682. The Balaban J connectivity index is 2.45. The minimum absolute atomic E-state index is 0.370. The Morgan fingerprint density at radius 3 is 2.81 bits per heavy atom. The lowest BCUT2D eigenvalue weighted by Gasteiger charge is -2.19. The van der Waals surface area contributed by atoms with Gasteiger partial charge in [0.25, 0.3) is 0 Å². The predicted molar refractivity (Wildman–Crippen MR) is 62.2 cm³/mol. The molecule has 0 aliphatic rings. The van der Waals surface area contributed by atoms with Gasteiger partial charge in [-0.25, -0.2) is 4.98 Å². The summed E-state index contributed by atoms with van der Waals surface area (Å²) in [6.45, 7) is 6.27. The fourth-order valence-corrected chi connectivity index (χ4v) is 1.25. The lowest BCUT2D eigenvalue weighted by molar-refractivity contribution is 0.0121. The second-order valence-electron chi connectivity index (χ2n) is 4.14. The van der Waals surface area contributed by atoms with E-state index in [2.05, 4.69) is 15.3 Å². The van der Waals surface area contributed by atoms with Crippen molar-refractivity contribution in [2.75, 3.05) is 27.4 Å². The van der Waals surface area contributed by atoms with Gasteiger partial charge in [0, 0.05) is 39.2 Å². The van der Waals surface area contributed by atoms with E-state index in [4.69, 9.17) is 9.47 Å². The maximum Gasteiger partial charge on any atom is 0.138 e. The summed E-state index contributed by atoms with van der Waals surface area (Å²) < 4.78 is 10.3. The van der Waals surface area contributed by atoms with Crippen LogP contribution in [0.4, 0.5) is 0 Å². The monoisotopic (exact) mass is 227 g/mol. The maximum absolute atomic E-state index is 5.35. The number of nitrogens with one attached hydrogen (secondary N) is 2. The van der Waals surface area contributed by atoms with Gasteiger partial charge in [0.05, 0.1) is 6.61 Å². The van der Waals surface area contributed by atoms with E-state index in [-0.39, 0.29) is 5.60 Å². The zero-order chi connectivity index (χ0) is 12.0. The van der Waals surface area contributed by atoms with Gasteiger partial charge in [-0.05, 0) is 13.8 Å². The van der Waals surface area contributed by atoms with Crippen molar-refractivity contribution in [2.45, 2.75) is 26.0 Å². The molecule has 0 aliphatic heterocycles. The normalized spacial score (nSPS) is 12.0. The first-order chi connectivity index (χ1) is 7.60. The molecule has 0 spiro atoms. The van der Waals surface area contributed by atoms with Crippen molar-refractivity contribution in [1.29, 1.82) is 0 Å². The van der Waals surface area contributed by atoms with Crippen LogP contribution in [-0.4, -0.2) is 37.3 Å². The molecule has 0 saturated carbocycles. The van der Waals surface area contributed by atoms with E-state index in [9.17, 15) is 0 Å². The van der Waals surface area contributed by atoms with Crippen molar-refractivity contribution in [3.05, 3.63) is 17.7 Å². The van der Waals surface area contributed by atoms with E-state index in [0.29, 0.717) is 6.61 Å². The third-order valence-corrected chi connectivity index (χ3v) is 2.51. The molecule has 0 bridgehead atoms. The Hall–Kier alpha value is -0.910. The average molecular weight is 227 g/mol. The van der Waals surface area contributed by atoms with E-state index in [1.54, 1.807) is 14.2 Å². The fourth-order valence-electron chi connectivity index (χ4n) is 1.25. The van der Waals surface area contributed by atoms with Gasteiger partial charge in [0.15, 0.2) is 0 Å². The van der Waals surface area contributed by atoms with E-state index in [1.807, 2.05) is 20.0 Å². The van der Waals surface area contributed by atoms with E-state index < -0.39 is 0 Å². The smallest absolute Gasteiger partial charge is 0.138 e. The van der Waals surface area contributed by atoms with Crippen LogP contribution in [0.2, 0.25) is 0 Å². The summed E-state index contributed by atoms with van der Waals surface area (Å²) in [5, 5.41) is 3.25. The Bertz CT molecular complexity index is 310. The Labute approximate surface area is 96.6 Å². The summed E-state index contributed by atoms with van der Waals surface area (Å²) in [6, 6.07) is 0. The fraction of sp³-hybridized carbons (Fsp3) is 0.727. The summed E-state index contributed by atoms with van der Waals surface area (Å²) >= 11 is 0. The third-order valence-electron chi connectivity index (χ3n) is 2.51. The lowest BCUT2D eigenvalue weighted by Crippen LogP contribution is -2.22. The minimum atomic E-state index is -0.370. The molecule has 0 radical (unpaired) electrons. The highest BCUT2D eigenvalue weighted by molar-refractivity contribution is 5.06. The number of aromatic amines is 1. The van der Waals surface area contributed by atoms with Gasteiger partial charge < -0.3 is 19.8 Å². The lowest BCUT2D eigenvalue weighted by atomic mass is 10.1. The molecule has 0 amide bonds. The van der Waals surface area contributed by atoms with Crippen LogP contribution in [0, 0.1) is 0 Å². The molecule has 0 aliphatic carbocycles. The first-order valence-corrected chi connectivity index (χ1v) is 5.39. The van der Waals surface area contributed by atoms with Crippen molar-refractivity contribution in [2.24, 2.45) is 0 Å². The van der Waals surface area contributed by atoms with Gasteiger partial charge in [-0.1, -0.05) is 0 Å². The molecule has 0 atom stereocenters. The summed E-state index contributed by atoms with van der Waals surface area (Å²) in [7, 11) is 3.37. The second kappa shape index (κ2) is 5.98. The molecule has 2 N–H and O–H groups in total. The maximum atomic E-state index is 5.35. The molecule has 0 fully saturated rings. The molecule has 1 heterocycles. The number of aromatic nitrogens is 2. The van der Waals surface area contributed by atoms with Crippen LogP contribution in [-0.2, 0) is 21.6 Å². The molecule has 1 aromatic heterocycles. The summed E-state index contributed by atoms with van der Waals surface area (Å²) in [4.78, 5) is 7.55. The van der Waals surface area contributed by atoms with Gasteiger partial charge in [0.1, 0.15) is 11.4 Å². The van der Waals surface area contributed by atoms with Gasteiger partial charge in [-0.2, -0.15) is 0 Å². The van der Waals surface area contributed by atoms with Gasteiger partial charge >= 0.3 is 0 Å². The average Bonchev–Trinajstić information content (AvgIpc) is 2.74. The number of hydrogen-bond acceptors (Lipinski definition) is 4. The highest BCUT2D eigenvalue weighted by Crippen LogP contribution is 2.20. The number of nitrogens with zero attached hydrogens (tertiary/aromatic N) is 1. The molecular weight excluding hydrogens is 206 g/mol. The molecule has 0 unspecified atom stereocenters. The van der Waals surface area contributed by atoms with Crippen LogP contribution in [0.25, 0.3) is 0 Å². The standard InChI is InChI=1S/C11H21N3O2/c1-11(2,16-4)10-13-8-9(14-10)7-12-5-6-15-3/h8,12H,5-7H2,1-4H3,(H,13,14). The molecule has 5 heteroatoms. The zero-order valence-corrected chi connectivity index (χ0v) is 10.5. The largest absolute Gasteiger partial charge is 0.383 e. The van der Waals surface area contributed by atoms with E-state index >= 15 is 0 Å². The Kier molecular flexibility index (Phi) is 4.92. The number of hydrogen-bond donors (Lipinski definition) is 2. The predicted octanol–water partition coefficient (Wildman–Crippen LogP) is 1.03. The van der Waals surface area contributed by atoms with E-state index in [1.165, 1.54) is 0 Å². The Morgan fingerprint density at radius 2 is 2.19 bits per heavy atom. The highest BCUT2D eigenvalue weighted by atomic mass is 16.5. The molecule has 5 nitrogen and oxygen atoms in total. The number of ether oxygens (including phenoxy) is 2. The van der Waals surface area contributed by atoms with Crippen LogP contribution in [0.3, 0.4) is 0 Å².